The van der Waals surface area contributed by atoms with Gasteiger partial charge in [-0.25, -0.2) is 0 Å². The van der Waals surface area contributed by atoms with Gasteiger partial charge >= 0.3 is 0 Å². The lowest BCUT2D eigenvalue weighted by atomic mass is 10.0. The lowest BCUT2D eigenvalue weighted by Crippen LogP contribution is -2.16. The molecule has 0 amide bonds. The van der Waals surface area contributed by atoms with Gasteiger partial charge in [-0.3, -0.25) is 14.9 Å². The summed E-state index contributed by atoms with van der Waals surface area (Å²) in [5.41, 5.74) is 0. The summed E-state index contributed by atoms with van der Waals surface area (Å²) in [5, 5.41) is 11.0. The first kappa shape index (κ1) is 20.8. The molecule has 0 aromatic heterocycles. The molecule has 0 aliphatic heterocycles. The Morgan fingerprint density at radius 2 is 1.64 bits per heavy atom. The molecule has 0 aromatic rings. The van der Waals surface area contributed by atoms with Crippen molar-refractivity contribution in [2.75, 3.05) is 0 Å². The Kier molecular flexibility index (Phi) is 15.3. The summed E-state index contributed by atoms with van der Waals surface area (Å²) in [5.74, 6) is 0. The molecule has 1 unspecified atom stereocenters. The third-order valence-corrected chi connectivity index (χ3v) is 3.88. The molecular weight excluding hydrogens is 278 g/mol. The summed E-state index contributed by atoms with van der Waals surface area (Å²) in [7, 11) is 0. The van der Waals surface area contributed by atoms with Crippen LogP contribution in [0, 0.1) is 10.1 Å². The van der Waals surface area contributed by atoms with Crippen molar-refractivity contribution in [3.63, 3.8) is 0 Å². The first-order valence-corrected chi connectivity index (χ1v) is 8.87. The Morgan fingerprint density at radius 3 is 2.32 bits per heavy atom. The van der Waals surface area contributed by atoms with Gasteiger partial charge in [-0.1, -0.05) is 57.9 Å². The summed E-state index contributed by atoms with van der Waals surface area (Å²) in [6.45, 7) is 2.19. The molecule has 1 radical (unpaired) electrons. The smallest absolute Gasteiger partial charge is 0.231 e. The molecule has 0 fully saturated rings. The number of nitrogens with zero attached hydrogens (tertiary/aromatic N) is 1. The molecule has 1 atom stereocenters. The van der Waals surface area contributed by atoms with Crippen molar-refractivity contribution in [3.8, 4) is 0 Å². The fourth-order valence-corrected chi connectivity index (χ4v) is 2.47. The van der Waals surface area contributed by atoms with E-state index in [1.165, 1.54) is 25.7 Å². The summed E-state index contributed by atoms with van der Waals surface area (Å²) in [4.78, 5) is 20.9. The molecular formula is C18H32NO3. The zero-order valence-electron chi connectivity index (χ0n) is 14.1. The number of hydrogen-bond acceptors (Lipinski definition) is 3. The van der Waals surface area contributed by atoms with Crippen molar-refractivity contribution >= 4 is 6.29 Å². The highest BCUT2D eigenvalue weighted by Gasteiger charge is 2.14. The molecule has 0 saturated heterocycles. The van der Waals surface area contributed by atoms with Crippen LogP contribution in [0.4, 0.5) is 0 Å². The average Bonchev–Trinajstić information content (AvgIpc) is 2.50. The van der Waals surface area contributed by atoms with E-state index in [2.05, 4.69) is 6.92 Å². The zero-order chi connectivity index (χ0) is 16.5. The predicted molar refractivity (Wildman–Crippen MR) is 91.3 cm³/mol. The topological polar surface area (TPSA) is 60.2 Å². The van der Waals surface area contributed by atoms with Gasteiger partial charge in [0.05, 0.1) is 0 Å². The summed E-state index contributed by atoms with van der Waals surface area (Å²) >= 11 is 0. The Hall–Kier alpha value is -1.19. The molecule has 4 heteroatoms. The van der Waals surface area contributed by atoms with Crippen LogP contribution in [0.5, 0.6) is 0 Å². The van der Waals surface area contributed by atoms with Crippen molar-refractivity contribution < 1.29 is 9.72 Å². The minimum absolute atomic E-state index is 0.164. The monoisotopic (exact) mass is 310 g/mol. The summed E-state index contributed by atoms with van der Waals surface area (Å²) in [6, 6.07) is -0.518. The fourth-order valence-electron chi connectivity index (χ4n) is 2.47. The van der Waals surface area contributed by atoms with E-state index in [1.807, 2.05) is 12.4 Å². The quantitative estimate of drug-likeness (QED) is 0.166. The second-order valence-corrected chi connectivity index (χ2v) is 5.93. The van der Waals surface area contributed by atoms with E-state index in [0.29, 0.717) is 12.8 Å². The lowest BCUT2D eigenvalue weighted by Gasteiger charge is -2.05. The minimum Gasteiger partial charge on any atom is -0.291 e. The molecule has 0 rings (SSSR count). The van der Waals surface area contributed by atoms with E-state index in [4.69, 9.17) is 0 Å². The van der Waals surface area contributed by atoms with Gasteiger partial charge in [0.25, 0.3) is 0 Å². The van der Waals surface area contributed by atoms with Crippen LogP contribution >= 0.6 is 0 Å². The van der Waals surface area contributed by atoms with Crippen molar-refractivity contribution in [2.45, 2.75) is 96.4 Å². The van der Waals surface area contributed by atoms with Crippen molar-refractivity contribution in [1.82, 2.24) is 0 Å². The van der Waals surface area contributed by atoms with Crippen LogP contribution in [0.2, 0.25) is 0 Å². The van der Waals surface area contributed by atoms with Gasteiger partial charge in [0, 0.05) is 17.8 Å². The average molecular weight is 310 g/mol. The normalized spacial score (nSPS) is 12.6. The molecule has 0 heterocycles. The third kappa shape index (κ3) is 13.8. The summed E-state index contributed by atoms with van der Waals surface area (Å²) in [6.07, 6.45) is 18.7. The van der Waals surface area contributed by atoms with E-state index in [-0.39, 0.29) is 4.92 Å². The largest absolute Gasteiger partial charge is 0.291 e. The number of allylic oxidation sites excluding steroid dienone is 1. The summed E-state index contributed by atoms with van der Waals surface area (Å²) < 4.78 is 0. The molecule has 0 bridgehead atoms. The van der Waals surface area contributed by atoms with Crippen molar-refractivity contribution in [2.24, 2.45) is 0 Å². The minimum atomic E-state index is -0.518. The van der Waals surface area contributed by atoms with Gasteiger partial charge in [-0.2, -0.15) is 0 Å². The zero-order valence-corrected chi connectivity index (χ0v) is 14.1. The molecule has 0 aliphatic carbocycles. The maximum atomic E-state index is 11.0. The van der Waals surface area contributed by atoms with Gasteiger partial charge in [0.1, 0.15) is 0 Å². The fraction of sp³-hybridized carbons (Fsp3) is 0.833. The predicted octanol–water partition coefficient (Wildman–Crippen LogP) is 5.39. The maximum Gasteiger partial charge on any atom is 0.231 e. The van der Waals surface area contributed by atoms with E-state index in [1.54, 1.807) is 6.08 Å². The highest BCUT2D eigenvalue weighted by molar-refractivity contribution is 5.50. The van der Waals surface area contributed by atoms with Gasteiger partial charge in [-0.15, -0.1) is 0 Å². The van der Waals surface area contributed by atoms with Crippen molar-refractivity contribution in [3.05, 3.63) is 22.3 Å². The number of hydrogen-bond donors (Lipinski definition) is 0. The van der Waals surface area contributed by atoms with Crippen LogP contribution in [-0.2, 0) is 4.79 Å². The molecule has 0 spiro atoms. The van der Waals surface area contributed by atoms with Gasteiger partial charge < -0.3 is 0 Å². The van der Waals surface area contributed by atoms with E-state index in [0.717, 1.165) is 44.9 Å². The molecule has 4 nitrogen and oxygen atoms in total. The third-order valence-electron chi connectivity index (χ3n) is 3.88. The Morgan fingerprint density at radius 1 is 1.00 bits per heavy atom. The number of carbonyl (C=O) groups excluding carboxylic acids is 1. The Balaban J connectivity index is 3.68. The molecule has 0 N–H and O–H groups in total. The standard InChI is InChI=1S/C18H32NO3/c1-2-3-4-5-9-12-15-18(19(21)22)16-13-10-7-6-8-11-14-17-20/h13,16,18H,2-12,14-15H2,1H3/b16-13-. The van der Waals surface area contributed by atoms with Gasteiger partial charge in [0.2, 0.25) is 6.04 Å². The highest BCUT2D eigenvalue weighted by atomic mass is 16.6. The molecule has 22 heavy (non-hydrogen) atoms. The van der Waals surface area contributed by atoms with Crippen LogP contribution in [0.25, 0.3) is 0 Å². The lowest BCUT2D eigenvalue weighted by molar-refractivity contribution is -0.510. The second-order valence-electron chi connectivity index (χ2n) is 5.93. The van der Waals surface area contributed by atoms with Crippen LogP contribution in [0.15, 0.2) is 12.2 Å². The Bertz CT molecular complexity index is 303. The van der Waals surface area contributed by atoms with E-state index < -0.39 is 6.04 Å². The van der Waals surface area contributed by atoms with E-state index >= 15 is 0 Å². The van der Waals surface area contributed by atoms with Crippen LogP contribution in [0.3, 0.4) is 0 Å². The Labute approximate surface area is 135 Å². The molecule has 127 valence electrons. The second kappa shape index (κ2) is 16.2. The van der Waals surface area contributed by atoms with Crippen LogP contribution < -0.4 is 0 Å². The van der Waals surface area contributed by atoms with Gasteiger partial charge in [-0.05, 0) is 31.8 Å². The van der Waals surface area contributed by atoms with Crippen LogP contribution in [0.1, 0.15) is 90.4 Å². The van der Waals surface area contributed by atoms with Gasteiger partial charge in [0.15, 0.2) is 6.29 Å². The SMILES string of the molecule is CCCCCCCCC(/C=C\CCCCCC[C]=O)[N+](=O)[O-]. The van der Waals surface area contributed by atoms with Crippen LogP contribution in [-0.4, -0.2) is 17.3 Å². The number of rotatable bonds is 16. The first-order chi connectivity index (χ1) is 10.7. The van der Waals surface area contributed by atoms with E-state index in [9.17, 15) is 14.9 Å². The molecule has 0 aliphatic rings. The molecule has 0 aromatic carbocycles. The number of nitro groups is 1. The maximum absolute atomic E-state index is 11.0. The highest BCUT2D eigenvalue weighted by Crippen LogP contribution is 2.12. The van der Waals surface area contributed by atoms with Crippen molar-refractivity contribution in [1.29, 1.82) is 0 Å². The molecule has 0 saturated carbocycles. The first-order valence-electron chi connectivity index (χ1n) is 8.87. The number of unbranched alkanes of at least 4 members (excludes halogenated alkanes) is 10.